The molecule has 7 heteroatoms. The van der Waals surface area contributed by atoms with Crippen LogP contribution in [0.2, 0.25) is 0 Å². The van der Waals surface area contributed by atoms with Crippen molar-refractivity contribution in [3.63, 3.8) is 0 Å². The SMILES string of the molecule is O=S(=O)(CCCNC1CC1)NCc1ccc(Br)s1. The number of hydrogen-bond acceptors (Lipinski definition) is 4. The van der Waals surface area contributed by atoms with Crippen molar-refractivity contribution < 1.29 is 8.42 Å². The fourth-order valence-electron chi connectivity index (χ4n) is 1.56. The minimum atomic E-state index is -3.15. The van der Waals surface area contributed by atoms with Gasteiger partial charge < -0.3 is 5.32 Å². The fraction of sp³-hybridized carbons (Fsp3) is 0.636. The second kappa shape index (κ2) is 6.47. The molecular formula is C11H17BrN2O2S2. The summed E-state index contributed by atoms with van der Waals surface area (Å²) in [5, 5.41) is 3.31. The Morgan fingerprint density at radius 1 is 1.39 bits per heavy atom. The molecule has 18 heavy (non-hydrogen) atoms. The standard InChI is InChI=1S/C11H17BrN2O2S2/c12-11-5-4-10(17-11)8-14-18(15,16)7-1-6-13-9-2-3-9/h4-5,9,13-14H,1-3,6-8H2. The van der Waals surface area contributed by atoms with Gasteiger partial charge in [0.1, 0.15) is 0 Å². The molecule has 2 rings (SSSR count). The maximum absolute atomic E-state index is 11.7. The molecule has 0 atom stereocenters. The molecule has 4 nitrogen and oxygen atoms in total. The van der Waals surface area contributed by atoms with Crippen molar-refractivity contribution in [1.82, 2.24) is 10.0 Å². The van der Waals surface area contributed by atoms with Gasteiger partial charge in [0, 0.05) is 17.5 Å². The first-order valence-corrected chi connectivity index (χ1v) is 9.26. The van der Waals surface area contributed by atoms with Crippen LogP contribution >= 0.6 is 27.3 Å². The van der Waals surface area contributed by atoms with E-state index in [1.54, 1.807) is 11.3 Å². The first-order valence-electron chi connectivity index (χ1n) is 6.00. The number of sulfonamides is 1. The first-order chi connectivity index (χ1) is 8.55. The van der Waals surface area contributed by atoms with Crippen LogP contribution in [0.15, 0.2) is 15.9 Å². The summed E-state index contributed by atoms with van der Waals surface area (Å²) >= 11 is 4.90. The van der Waals surface area contributed by atoms with E-state index in [-0.39, 0.29) is 5.75 Å². The van der Waals surface area contributed by atoms with Crippen LogP contribution in [0.25, 0.3) is 0 Å². The molecular weight excluding hydrogens is 336 g/mol. The zero-order valence-electron chi connectivity index (χ0n) is 9.99. The fourth-order valence-corrected chi connectivity index (χ4v) is 4.11. The molecule has 2 N–H and O–H groups in total. The lowest BCUT2D eigenvalue weighted by atomic mass is 10.5. The molecule has 0 radical (unpaired) electrons. The van der Waals surface area contributed by atoms with Crippen LogP contribution in [0.3, 0.4) is 0 Å². The van der Waals surface area contributed by atoms with Crippen LogP contribution in [0.4, 0.5) is 0 Å². The van der Waals surface area contributed by atoms with Gasteiger partial charge in [-0.1, -0.05) is 0 Å². The predicted octanol–water partition coefficient (Wildman–Crippen LogP) is 2.07. The van der Waals surface area contributed by atoms with E-state index in [2.05, 4.69) is 26.0 Å². The highest BCUT2D eigenvalue weighted by atomic mass is 79.9. The third kappa shape index (κ3) is 5.36. The van der Waals surface area contributed by atoms with Crippen molar-refractivity contribution in [3.05, 3.63) is 20.8 Å². The monoisotopic (exact) mass is 352 g/mol. The van der Waals surface area contributed by atoms with Crippen molar-refractivity contribution in [3.8, 4) is 0 Å². The van der Waals surface area contributed by atoms with Crippen LogP contribution in [-0.4, -0.2) is 26.8 Å². The Bertz CT molecular complexity index is 483. The molecule has 1 aromatic rings. The quantitative estimate of drug-likeness (QED) is 0.704. The van der Waals surface area contributed by atoms with Crippen molar-refractivity contribution in [2.75, 3.05) is 12.3 Å². The summed E-state index contributed by atoms with van der Waals surface area (Å²) in [6, 6.07) is 4.49. The molecule has 1 heterocycles. The molecule has 0 amide bonds. The van der Waals surface area contributed by atoms with E-state index in [4.69, 9.17) is 0 Å². The lowest BCUT2D eigenvalue weighted by molar-refractivity contribution is 0.574. The van der Waals surface area contributed by atoms with Crippen LogP contribution in [0.5, 0.6) is 0 Å². The molecule has 0 saturated heterocycles. The third-order valence-electron chi connectivity index (χ3n) is 2.70. The van der Waals surface area contributed by atoms with Gasteiger partial charge >= 0.3 is 0 Å². The highest BCUT2D eigenvalue weighted by Crippen LogP contribution is 2.22. The molecule has 0 spiro atoms. The highest BCUT2D eigenvalue weighted by molar-refractivity contribution is 9.11. The van der Waals surface area contributed by atoms with Crippen LogP contribution in [0.1, 0.15) is 24.1 Å². The van der Waals surface area contributed by atoms with Gasteiger partial charge in [-0.3, -0.25) is 0 Å². The largest absolute Gasteiger partial charge is 0.314 e. The van der Waals surface area contributed by atoms with E-state index in [1.165, 1.54) is 12.8 Å². The Hall–Kier alpha value is 0.0500. The van der Waals surface area contributed by atoms with Gasteiger partial charge in [-0.15, -0.1) is 11.3 Å². The van der Waals surface area contributed by atoms with Crippen molar-refractivity contribution >= 4 is 37.3 Å². The molecule has 102 valence electrons. The average Bonchev–Trinajstić information content (AvgIpc) is 3.04. The minimum Gasteiger partial charge on any atom is -0.314 e. The Morgan fingerprint density at radius 3 is 2.78 bits per heavy atom. The number of hydrogen-bond donors (Lipinski definition) is 2. The Balaban J connectivity index is 1.66. The zero-order chi connectivity index (χ0) is 13.0. The smallest absolute Gasteiger partial charge is 0.211 e. The summed E-state index contributed by atoms with van der Waals surface area (Å²) in [4.78, 5) is 1.02. The van der Waals surface area contributed by atoms with Gasteiger partial charge in [-0.25, -0.2) is 13.1 Å². The summed E-state index contributed by atoms with van der Waals surface area (Å²) in [5.41, 5.74) is 0. The van der Waals surface area contributed by atoms with Crippen molar-refractivity contribution in [2.24, 2.45) is 0 Å². The number of halogens is 1. The van der Waals surface area contributed by atoms with E-state index in [0.717, 1.165) is 15.2 Å². The Morgan fingerprint density at radius 2 is 2.17 bits per heavy atom. The van der Waals surface area contributed by atoms with E-state index in [0.29, 0.717) is 19.0 Å². The van der Waals surface area contributed by atoms with Crippen LogP contribution in [-0.2, 0) is 16.6 Å². The van der Waals surface area contributed by atoms with Gasteiger partial charge in [0.25, 0.3) is 0 Å². The van der Waals surface area contributed by atoms with Crippen LogP contribution < -0.4 is 10.0 Å². The van der Waals surface area contributed by atoms with Gasteiger partial charge in [0.2, 0.25) is 10.0 Å². The van der Waals surface area contributed by atoms with E-state index in [9.17, 15) is 8.42 Å². The predicted molar refractivity (Wildman–Crippen MR) is 78.3 cm³/mol. The van der Waals surface area contributed by atoms with Gasteiger partial charge in [0.05, 0.1) is 9.54 Å². The maximum Gasteiger partial charge on any atom is 0.211 e. The molecule has 1 aliphatic carbocycles. The topological polar surface area (TPSA) is 58.2 Å². The lowest BCUT2D eigenvalue weighted by Gasteiger charge is -2.06. The molecule has 0 aromatic carbocycles. The lowest BCUT2D eigenvalue weighted by Crippen LogP contribution is -2.28. The van der Waals surface area contributed by atoms with Gasteiger partial charge in [-0.05, 0) is 53.9 Å². The van der Waals surface area contributed by atoms with Crippen molar-refractivity contribution in [1.29, 1.82) is 0 Å². The highest BCUT2D eigenvalue weighted by Gasteiger charge is 2.20. The number of thiophene rings is 1. The van der Waals surface area contributed by atoms with Gasteiger partial charge in [0.15, 0.2) is 0 Å². The summed E-state index contributed by atoms with van der Waals surface area (Å²) in [7, 11) is -3.15. The zero-order valence-corrected chi connectivity index (χ0v) is 13.2. The van der Waals surface area contributed by atoms with Crippen LogP contribution in [0, 0.1) is 0 Å². The first kappa shape index (κ1) is 14.5. The Kier molecular flexibility index (Phi) is 5.20. The van der Waals surface area contributed by atoms with E-state index >= 15 is 0 Å². The normalized spacial score (nSPS) is 16.1. The molecule has 0 aliphatic heterocycles. The summed E-state index contributed by atoms with van der Waals surface area (Å²) < 4.78 is 27.1. The van der Waals surface area contributed by atoms with E-state index < -0.39 is 10.0 Å². The minimum absolute atomic E-state index is 0.194. The number of rotatable bonds is 8. The second-order valence-electron chi connectivity index (χ2n) is 4.43. The average molecular weight is 353 g/mol. The van der Waals surface area contributed by atoms with E-state index in [1.807, 2.05) is 12.1 Å². The molecule has 0 bridgehead atoms. The molecule has 1 aliphatic rings. The summed E-state index contributed by atoms with van der Waals surface area (Å²) in [5.74, 6) is 0.194. The molecule has 1 aromatic heterocycles. The van der Waals surface area contributed by atoms with Gasteiger partial charge in [-0.2, -0.15) is 0 Å². The van der Waals surface area contributed by atoms with Crippen molar-refractivity contribution in [2.45, 2.75) is 31.8 Å². The Labute approximate surface area is 120 Å². The maximum atomic E-state index is 11.7. The number of nitrogens with one attached hydrogen (secondary N) is 2. The second-order valence-corrected chi connectivity index (χ2v) is 8.90. The third-order valence-corrected chi connectivity index (χ3v) is 5.73. The molecule has 1 fully saturated rings. The summed E-state index contributed by atoms with van der Waals surface area (Å²) in [6.07, 6.45) is 3.14. The molecule has 0 unspecified atom stereocenters. The summed E-state index contributed by atoms with van der Waals surface area (Å²) in [6.45, 7) is 1.17. The molecule has 1 saturated carbocycles.